The van der Waals surface area contributed by atoms with E-state index in [1.807, 2.05) is 0 Å². The van der Waals surface area contributed by atoms with Gasteiger partial charge in [-0.1, -0.05) is 6.42 Å². The van der Waals surface area contributed by atoms with Crippen LogP contribution in [0.2, 0.25) is 0 Å². The molecule has 2 N–H and O–H groups in total. The first-order valence-electron chi connectivity index (χ1n) is 6.89. The highest BCUT2D eigenvalue weighted by Gasteiger charge is 2.27. The van der Waals surface area contributed by atoms with Crippen LogP contribution in [0, 0.1) is 5.92 Å². The number of rotatable bonds is 5. The Morgan fingerprint density at radius 3 is 2.14 bits per heavy atom. The first-order chi connectivity index (χ1) is 10.0. The lowest BCUT2D eigenvalue weighted by Crippen LogP contribution is -2.28. The van der Waals surface area contributed by atoms with Crippen molar-refractivity contribution in [1.29, 1.82) is 0 Å². The van der Waals surface area contributed by atoms with E-state index in [9.17, 15) is 14.4 Å². The lowest BCUT2D eigenvalue weighted by atomic mass is 9.86. The van der Waals surface area contributed by atoms with E-state index in [4.69, 9.17) is 4.74 Å². The molecule has 1 fully saturated rings. The molecule has 0 aromatic heterocycles. The Labute approximate surface area is 122 Å². The summed E-state index contributed by atoms with van der Waals surface area (Å²) in [7, 11) is 0. The van der Waals surface area contributed by atoms with Gasteiger partial charge in [0.15, 0.2) is 6.61 Å². The minimum Gasteiger partial charge on any atom is -0.455 e. The van der Waals surface area contributed by atoms with Crippen LogP contribution in [0.25, 0.3) is 0 Å². The average Bonchev–Trinajstić information content (AvgIpc) is 2.36. The molecule has 21 heavy (non-hydrogen) atoms. The quantitative estimate of drug-likeness (QED) is 0.811. The van der Waals surface area contributed by atoms with E-state index in [0.29, 0.717) is 11.4 Å². The summed E-state index contributed by atoms with van der Waals surface area (Å²) in [5, 5.41) is 5.25. The summed E-state index contributed by atoms with van der Waals surface area (Å²) in [5.41, 5.74) is 1.23. The van der Waals surface area contributed by atoms with Crippen LogP contribution in [0.3, 0.4) is 0 Å². The van der Waals surface area contributed by atoms with Gasteiger partial charge in [0.1, 0.15) is 0 Å². The zero-order valence-corrected chi connectivity index (χ0v) is 11.8. The van der Waals surface area contributed by atoms with E-state index < -0.39 is 0 Å². The van der Waals surface area contributed by atoms with Crippen molar-refractivity contribution < 1.29 is 19.1 Å². The fourth-order valence-corrected chi connectivity index (χ4v) is 1.94. The van der Waals surface area contributed by atoms with Gasteiger partial charge in [-0.15, -0.1) is 0 Å². The standard InChI is InChI=1S/C15H18N2O4/c1-10(18)16-12-5-7-13(8-6-12)17-14(19)9-21-15(20)11-3-2-4-11/h5-8,11H,2-4,9H2,1H3,(H,16,18)(H,17,19). The van der Waals surface area contributed by atoms with E-state index in [1.54, 1.807) is 24.3 Å². The summed E-state index contributed by atoms with van der Waals surface area (Å²) in [6.45, 7) is 1.15. The van der Waals surface area contributed by atoms with E-state index in [1.165, 1.54) is 6.92 Å². The third-order valence-electron chi connectivity index (χ3n) is 3.27. The van der Waals surface area contributed by atoms with Crippen LogP contribution in [0.5, 0.6) is 0 Å². The maximum atomic E-state index is 11.7. The number of esters is 1. The number of hydrogen-bond acceptors (Lipinski definition) is 4. The highest BCUT2D eigenvalue weighted by atomic mass is 16.5. The summed E-state index contributed by atoms with van der Waals surface area (Å²) in [6, 6.07) is 6.68. The molecular weight excluding hydrogens is 272 g/mol. The minimum atomic E-state index is -0.380. The molecule has 0 bridgehead atoms. The third kappa shape index (κ3) is 4.59. The summed E-state index contributed by atoms with van der Waals surface area (Å²) in [4.78, 5) is 34.0. The van der Waals surface area contributed by atoms with Crippen LogP contribution in [-0.2, 0) is 19.1 Å². The van der Waals surface area contributed by atoms with Crippen molar-refractivity contribution in [2.45, 2.75) is 26.2 Å². The number of anilines is 2. The first-order valence-corrected chi connectivity index (χ1v) is 6.89. The summed E-state index contributed by atoms with van der Waals surface area (Å²) in [6.07, 6.45) is 2.75. The van der Waals surface area contributed by atoms with Gasteiger partial charge in [0.05, 0.1) is 5.92 Å². The van der Waals surface area contributed by atoms with Gasteiger partial charge < -0.3 is 15.4 Å². The summed E-state index contributed by atoms with van der Waals surface area (Å²) >= 11 is 0. The number of hydrogen-bond donors (Lipinski definition) is 2. The van der Waals surface area contributed by atoms with Crippen molar-refractivity contribution in [3.05, 3.63) is 24.3 Å². The molecule has 1 aliphatic rings. The van der Waals surface area contributed by atoms with Crippen LogP contribution < -0.4 is 10.6 Å². The molecular formula is C15H18N2O4. The molecule has 0 saturated heterocycles. The van der Waals surface area contributed by atoms with Crippen LogP contribution in [-0.4, -0.2) is 24.4 Å². The van der Waals surface area contributed by atoms with Gasteiger partial charge in [-0.25, -0.2) is 0 Å². The molecule has 1 aromatic rings. The second-order valence-corrected chi connectivity index (χ2v) is 5.04. The topological polar surface area (TPSA) is 84.5 Å². The zero-order chi connectivity index (χ0) is 15.2. The second kappa shape index (κ2) is 6.88. The highest BCUT2D eigenvalue weighted by Crippen LogP contribution is 2.27. The summed E-state index contributed by atoms with van der Waals surface area (Å²) < 4.78 is 4.95. The fraction of sp³-hybridized carbons (Fsp3) is 0.400. The van der Waals surface area contributed by atoms with Crippen molar-refractivity contribution in [1.82, 2.24) is 0 Å². The molecule has 1 saturated carbocycles. The predicted molar refractivity (Wildman–Crippen MR) is 77.7 cm³/mol. The number of ether oxygens (including phenoxy) is 1. The Morgan fingerprint density at radius 2 is 1.67 bits per heavy atom. The first kappa shape index (κ1) is 15.0. The Hall–Kier alpha value is -2.37. The average molecular weight is 290 g/mol. The van der Waals surface area contributed by atoms with E-state index >= 15 is 0 Å². The molecule has 1 aliphatic carbocycles. The zero-order valence-electron chi connectivity index (χ0n) is 11.8. The van der Waals surface area contributed by atoms with Gasteiger partial charge in [0, 0.05) is 18.3 Å². The molecule has 1 aromatic carbocycles. The number of nitrogens with one attached hydrogen (secondary N) is 2. The normalized spacial score (nSPS) is 14.0. The minimum absolute atomic E-state index is 0.0326. The van der Waals surface area contributed by atoms with Crippen molar-refractivity contribution in [2.24, 2.45) is 5.92 Å². The molecule has 112 valence electrons. The van der Waals surface area contributed by atoms with Gasteiger partial charge in [0.25, 0.3) is 5.91 Å². The van der Waals surface area contributed by atoms with Gasteiger partial charge in [-0.05, 0) is 37.1 Å². The van der Waals surface area contributed by atoms with Gasteiger partial charge >= 0.3 is 5.97 Å². The fourth-order valence-electron chi connectivity index (χ4n) is 1.94. The molecule has 2 rings (SSSR count). The van der Waals surface area contributed by atoms with Crippen molar-refractivity contribution in [3.63, 3.8) is 0 Å². The molecule has 0 aliphatic heterocycles. The maximum absolute atomic E-state index is 11.7. The molecule has 0 radical (unpaired) electrons. The molecule has 0 unspecified atom stereocenters. The molecule has 0 spiro atoms. The van der Waals surface area contributed by atoms with Crippen LogP contribution in [0.1, 0.15) is 26.2 Å². The van der Waals surface area contributed by atoms with Crippen molar-refractivity contribution in [3.8, 4) is 0 Å². The van der Waals surface area contributed by atoms with Crippen molar-refractivity contribution >= 4 is 29.2 Å². The van der Waals surface area contributed by atoms with Gasteiger partial charge in [-0.2, -0.15) is 0 Å². The third-order valence-corrected chi connectivity index (χ3v) is 3.27. The highest BCUT2D eigenvalue weighted by molar-refractivity contribution is 5.93. The SMILES string of the molecule is CC(=O)Nc1ccc(NC(=O)COC(=O)C2CCC2)cc1. The second-order valence-electron chi connectivity index (χ2n) is 5.04. The maximum Gasteiger partial charge on any atom is 0.309 e. The van der Waals surface area contributed by atoms with Gasteiger partial charge in [-0.3, -0.25) is 14.4 Å². The van der Waals surface area contributed by atoms with Gasteiger partial charge in [0.2, 0.25) is 5.91 Å². The molecule has 6 heteroatoms. The molecule has 6 nitrogen and oxygen atoms in total. The lowest BCUT2D eigenvalue weighted by molar-refractivity contribution is -0.154. The number of amides is 2. The van der Waals surface area contributed by atoms with E-state index in [2.05, 4.69) is 10.6 Å². The molecule has 0 atom stereocenters. The van der Waals surface area contributed by atoms with Crippen LogP contribution in [0.15, 0.2) is 24.3 Å². The summed E-state index contributed by atoms with van der Waals surface area (Å²) in [5.74, 6) is -0.864. The number of benzene rings is 1. The number of carbonyl (C=O) groups excluding carboxylic acids is 3. The Morgan fingerprint density at radius 1 is 1.10 bits per heavy atom. The van der Waals surface area contributed by atoms with Crippen LogP contribution >= 0.6 is 0 Å². The van der Waals surface area contributed by atoms with Crippen molar-refractivity contribution in [2.75, 3.05) is 17.2 Å². The molecule has 0 heterocycles. The monoisotopic (exact) mass is 290 g/mol. The largest absolute Gasteiger partial charge is 0.455 e. The van der Waals surface area contributed by atoms with Crippen LogP contribution in [0.4, 0.5) is 11.4 Å². The lowest BCUT2D eigenvalue weighted by Gasteiger charge is -2.22. The predicted octanol–water partition coefficient (Wildman–Crippen LogP) is 1.93. The Kier molecular flexibility index (Phi) is 4.92. The Bertz CT molecular complexity index is 535. The number of carbonyl (C=O) groups is 3. The molecule has 2 amide bonds. The Balaban J connectivity index is 1.76. The van der Waals surface area contributed by atoms with E-state index in [-0.39, 0.29) is 30.3 Å². The smallest absolute Gasteiger partial charge is 0.309 e. The van der Waals surface area contributed by atoms with E-state index in [0.717, 1.165) is 19.3 Å².